The number of rotatable bonds is 4. The fourth-order valence-corrected chi connectivity index (χ4v) is 1.51. The number of hydrogen-bond donors (Lipinski definition) is 2. The van der Waals surface area contributed by atoms with Gasteiger partial charge in [0.25, 0.3) is 0 Å². The third kappa shape index (κ3) is 14.9. The molecule has 2 atom stereocenters. The quantitative estimate of drug-likeness (QED) is 0.456. The maximum absolute atomic E-state index is 9.71. The van der Waals surface area contributed by atoms with Gasteiger partial charge in [-0.2, -0.15) is 0 Å². The van der Waals surface area contributed by atoms with Gasteiger partial charge in [-0.3, -0.25) is 0 Å². The van der Waals surface area contributed by atoms with Crippen LogP contribution >= 0.6 is 0 Å². The summed E-state index contributed by atoms with van der Waals surface area (Å²) >= 11 is 0. The van der Waals surface area contributed by atoms with Crippen molar-refractivity contribution in [3.8, 4) is 0 Å². The normalized spacial score (nSPS) is 14.2. The van der Waals surface area contributed by atoms with Gasteiger partial charge >= 0.3 is 43.7 Å². The Morgan fingerprint density at radius 3 is 1.58 bits per heavy atom. The maximum Gasteiger partial charge on any atom is 2.00 e. The molecule has 5 heteroatoms. The van der Waals surface area contributed by atoms with Crippen LogP contribution in [0, 0.1) is 65.2 Å². The fourth-order valence-electron chi connectivity index (χ4n) is 1.51. The topological polar surface area (TPSA) is 80.3 Å². The third-order valence-electron chi connectivity index (χ3n) is 2.66. The first-order valence-corrected chi connectivity index (χ1v) is 6.60. The Hall–Kier alpha value is -0.692. The molecule has 8 radical (unpaired) electrons. The van der Waals surface area contributed by atoms with Gasteiger partial charge in [0, 0.05) is 12.3 Å². The van der Waals surface area contributed by atoms with Gasteiger partial charge in [0.15, 0.2) is 0 Å². The summed E-state index contributed by atoms with van der Waals surface area (Å²) in [5.74, 6) is 0.431. The number of benzene rings is 1. The van der Waals surface area contributed by atoms with E-state index in [9.17, 15) is 10.2 Å². The number of hydrogen-bond acceptors (Lipinski definition) is 2. The Morgan fingerprint density at radius 2 is 1.25 bits per heavy atom. The summed E-state index contributed by atoms with van der Waals surface area (Å²) in [7, 11) is 0. The van der Waals surface area contributed by atoms with Crippen LogP contribution in [-0.4, -0.2) is 16.3 Å². The molecule has 0 aromatic heterocycles. The van der Waals surface area contributed by atoms with E-state index in [1.807, 2.05) is 62.4 Å². The molecular formula is C19H20MoO4+2. The van der Waals surface area contributed by atoms with E-state index in [4.69, 9.17) is 9.30 Å². The zero-order valence-corrected chi connectivity index (χ0v) is 15.2. The van der Waals surface area contributed by atoms with Crippen LogP contribution in [0.15, 0.2) is 30.3 Å². The van der Waals surface area contributed by atoms with Crippen molar-refractivity contribution in [2.75, 3.05) is 0 Å². The van der Waals surface area contributed by atoms with Crippen molar-refractivity contribution in [1.29, 1.82) is 0 Å². The van der Waals surface area contributed by atoms with E-state index in [0.717, 1.165) is 5.56 Å². The van der Waals surface area contributed by atoms with E-state index in [2.05, 4.69) is 27.1 Å². The first-order valence-electron chi connectivity index (χ1n) is 6.60. The first-order chi connectivity index (χ1) is 11.1. The number of aliphatic hydroxyl groups is 2. The molecule has 0 aliphatic heterocycles. The van der Waals surface area contributed by atoms with Crippen LogP contribution in [0.3, 0.4) is 0 Å². The number of aliphatic hydroxyl groups excluding tert-OH is 2. The summed E-state index contributed by atoms with van der Waals surface area (Å²) in [5.41, 5.74) is 0.799. The van der Waals surface area contributed by atoms with Crippen LogP contribution in [-0.2, 0) is 30.4 Å². The van der Waals surface area contributed by atoms with Gasteiger partial charge in [-0.15, -0.1) is 0 Å². The van der Waals surface area contributed by atoms with Gasteiger partial charge in [0.1, 0.15) is 0 Å². The standard InChI is InChI=1S/C12H15O2.C5H5.2CO.Mo/c1-9(2)11(13)8-12(14)10-6-4-3-5-7-10;1-2-4-5-3-1;2*1-2;/h3-7,11-14H,1-2,8H2;1-5H;;;/q;;;;+2/t11-,12+;;;;/m1..../s1. The van der Waals surface area contributed by atoms with Crippen molar-refractivity contribution in [3.63, 3.8) is 0 Å². The van der Waals surface area contributed by atoms with Gasteiger partial charge in [-0.1, -0.05) is 30.3 Å². The van der Waals surface area contributed by atoms with Crippen LogP contribution < -0.4 is 0 Å². The zero-order chi connectivity index (χ0) is 18.1. The predicted octanol–water partition coefficient (Wildman–Crippen LogP) is 2.66. The molecule has 1 aromatic rings. The van der Waals surface area contributed by atoms with E-state index >= 15 is 0 Å². The average Bonchev–Trinajstić information content (AvgIpc) is 3.19. The second kappa shape index (κ2) is 20.4. The molecule has 124 valence electrons. The molecule has 1 aromatic carbocycles. The van der Waals surface area contributed by atoms with E-state index in [1.165, 1.54) is 0 Å². The van der Waals surface area contributed by atoms with Crippen LogP contribution in [0.4, 0.5) is 0 Å². The van der Waals surface area contributed by atoms with Crippen molar-refractivity contribution in [2.45, 2.75) is 18.6 Å². The Bertz CT molecular complexity index is 386. The summed E-state index contributed by atoms with van der Waals surface area (Å²) in [5, 5.41) is 19.1. The average molecular weight is 408 g/mol. The molecule has 0 amide bonds. The Balaban J connectivity index is -0.000000368. The molecule has 2 rings (SSSR count). The minimum atomic E-state index is -0.745. The van der Waals surface area contributed by atoms with E-state index in [0.29, 0.717) is 5.92 Å². The minimum absolute atomic E-state index is 0. The molecule has 0 bridgehead atoms. The summed E-state index contributed by atoms with van der Waals surface area (Å²) in [6, 6.07) is 9.23. The molecule has 0 heterocycles. The van der Waals surface area contributed by atoms with Crippen molar-refractivity contribution < 1.29 is 40.6 Å². The Kier molecular flexibility index (Phi) is 23.9. The van der Waals surface area contributed by atoms with Crippen LogP contribution in [0.25, 0.3) is 0 Å². The summed E-state index contributed by atoms with van der Waals surface area (Å²) in [6.45, 7) is 16.1. The van der Waals surface area contributed by atoms with E-state index in [-0.39, 0.29) is 27.5 Å². The monoisotopic (exact) mass is 410 g/mol. The molecule has 2 N–H and O–H groups in total. The van der Waals surface area contributed by atoms with E-state index in [1.54, 1.807) is 0 Å². The largest absolute Gasteiger partial charge is 2.00 e. The molecule has 1 saturated carbocycles. The summed E-state index contributed by atoms with van der Waals surface area (Å²) in [6.07, 6.45) is 8.83. The van der Waals surface area contributed by atoms with Crippen LogP contribution in [0.2, 0.25) is 0 Å². The second-order valence-corrected chi connectivity index (χ2v) is 4.30. The summed E-state index contributed by atoms with van der Waals surface area (Å²) < 4.78 is 15.0. The predicted molar refractivity (Wildman–Crippen MR) is 85.3 cm³/mol. The molecule has 4 nitrogen and oxygen atoms in total. The molecule has 24 heavy (non-hydrogen) atoms. The zero-order valence-electron chi connectivity index (χ0n) is 13.2. The van der Waals surface area contributed by atoms with Gasteiger partial charge in [-0.25, -0.2) is 0 Å². The molecule has 1 fully saturated rings. The van der Waals surface area contributed by atoms with Crippen molar-refractivity contribution >= 4 is 0 Å². The van der Waals surface area contributed by atoms with Gasteiger partial charge in [0.2, 0.25) is 0 Å². The first kappa shape index (κ1) is 28.1. The smallest absolute Gasteiger partial charge is 0.392 e. The third-order valence-corrected chi connectivity index (χ3v) is 2.66. The maximum atomic E-state index is 9.71. The van der Waals surface area contributed by atoms with Crippen molar-refractivity contribution in [2.24, 2.45) is 0 Å². The van der Waals surface area contributed by atoms with Crippen molar-refractivity contribution in [3.05, 3.63) is 101 Å². The fraction of sp³-hybridized carbons (Fsp3) is 0.158. The van der Waals surface area contributed by atoms with Crippen LogP contribution in [0.1, 0.15) is 18.1 Å². The van der Waals surface area contributed by atoms with E-state index < -0.39 is 12.2 Å². The molecule has 0 unspecified atom stereocenters. The van der Waals surface area contributed by atoms with Crippen molar-refractivity contribution in [1.82, 2.24) is 0 Å². The minimum Gasteiger partial charge on any atom is -0.392 e. The van der Waals surface area contributed by atoms with Gasteiger partial charge < -0.3 is 10.2 Å². The Morgan fingerprint density at radius 1 is 0.875 bits per heavy atom. The van der Waals surface area contributed by atoms with Gasteiger partial charge in [0.05, 0.1) is 12.2 Å². The molecule has 0 spiro atoms. The summed E-state index contributed by atoms with van der Waals surface area (Å²) in [4.78, 5) is 0. The molecule has 1 aliphatic carbocycles. The second-order valence-electron chi connectivity index (χ2n) is 4.30. The van der Waals surface area contributed by atoms with Gasteiger partial charge in [-0.05, 0) is 51.5 Å². The van der Waals surface area contributed by atoms with Crippen LogP contribution in [0.5, 0.6) is 0 Å². The molecule has 1 aliphatic rings. The SMILES string of the molecule is [C-]#[O+].[C-]#[O+].[CH2][C]([CH2])[C@H](O)C[C@H](O)c1ccccc1.[CH]1[CH][CH][CH][CH]1.[Mo+2]. The molecule has 0 saturated heterocycles. The Labute approximate surface area is 160 Å². The molecular weight excluding hydrogens is 388 g/mol.